The topological polar surface area (TPSA) is 150 Å². The monoisotopic (exact) mass is 599 g/mol. The van der Waals surface area contributed by atoms with Crippen molar-refractivity contribution in [3.63, 3.8) is 0 Å². The Balaban J connectivity index is 1.74. The van der Waals surface area contributed by atoms with Crippen LogP contribution in [0.1, 0.15) is 40.2 Å². The molecule has 1 aliphatic heterocycles. The van der Waals surface area contributed by atoms with Gasteiger partial charge in [-0.25, -0.2) is 0 Å². The van der Waals surface area contributed by atoms with Gasteiger partial charge in [0.1, 0.15) is 17.8 Å². The number of amides is 4. The summed E-state index contributed by atoms with van der Waals surface area (Å²) in [4.78, 5) is 57.9. The fraction of sp³-hybridized carbons (Fsp3) is 0.500. The van der Waals surface area contributed by atoms with Crippen molar-refractivity contribution < 1.29 is 29.0 Å². The Kier molecular flexibility index (Phi) is 11.7. The molecule has 0 aliphatic carbocycles. The van der Waals surface area contributed by atoms with Crippen LogP contribution in [0.15, 0.2) is 54.9 Å². The van der Waals surface area contributed by atoms with Crippen molar-refractivity contribution in [2.24, 2.45) is 5.92 Å². The van der Waals surface area contributed by atoms with Gasteiger partial charge in [0, 0.05) is 17.5 Å². The molecule has 0 saturated carbocycles. The summed E-state index contributed by atoms with van der Waals surface area (Å²) >= 11 is 1.42. The maximum absolute atomic E-state index is 13.6. The van der Waals surface area contributed by atoms with Crippen LogP contribution >= 0.6 is 11.8 Å². The molecular formula is C30H41N5O6S. The number of ether oxygens (including phenoxy) is 1. The number of carbonyl (C=O) groups excluding carboxylic acids is 4. The SMILES string of the molecule is CC(C)[C@H](NC(=O)COc1cccnc1)C(=O)N[C@@H](Cc1ccccc1)[C@H](O)C(=O)N1CSC[C@H]1C(=O)NC(C)(C)C. The van der Waals surface area contributed by atoms with Crippen molar-refractivity contribution in [3.05, 3.63) is 60.4 Å². The molecule has 2 aromatic rings. The number of benzene rings is 1. The normalized spacial score (nSPS) is 17.2. The largest absolute Gasteiger partial charge is 0.482 e. The van der Waals surface area contributed by atoms with E-state index in [0.717, 1.165) is 5.56 Å². The highest BCUT2D eigenvalue weighted by Crippen LogP contribution is 2.24. The Morgan fingerprint density at radius 1 is 1.10 bits per heavy atom. The number of carbonyl (C=O) groups is 4. The molecule has 0 unspecified atom stereocenters. The van der Waals surface area contributed by atoms with E-state index >= 15 is 0 Å². The summed E-state index contributed by atoms with van der Waals surface area (Å²) in [6, 6.07) is 9.78. The van der Waals surface area contributed by atoms with Crippen molar-refractivity contribution in [1.29, 1.82) is 0 Å². The Morgan fingerprint density at radius 3 is 2.43 bits per heavy atom. The van der Waals surface area contributed by atoms with E-state index in [9.17, 15) is 24.3 Å². The summed E-state index contributed by atoms with van der Waals surface area (Å²) in [7, 11) is 0. The van der Waals surface area contributed by atoms with Crippen LogP contribution < -0.4 is 20.7 Å². The van der Waals surface area contributed by atoms with Crippen molar-refractivity contribution in [2.75, 3.05) is 18.2 Å². The highest BCUT2D eigenvalue weighted by atomic mass is 32.2. The average Bonchev–Trinajstić information content (AvgIpc) is 3.44. The molecule has 4 atom stereocenters. The Bertz CT molecular complexity index is 1210. The third-order valence-corrected chi connectivity index (χ3v) is 7.51. The van der Waals surface area contributed by atoms with Crippen LogP contribution in [0.4, 0.5) is 0 Å². The minimum absolute atomic E-state index is 0.155. The molecule has 0 spiro atoms. The average molecular weight is 600 g/mol. The van der Waals surface area contributed by atoms with E-state index in [1.54, 1.807) is 32.2 Å². The molecule has 2 heterocycles. The summed E-state index contributed by atoms with van der Waals surface area (Å²) in [5.74, 6) is -1.26. The van der Waals surface area contributed by atoms with Gasteiger partial charge in [-0.05, 0) is 50.8 Å². The van der Waals surface area contributed by atoms with E-state index in [4.69, 9.17) is 4.74 Å². The first kappa shape index (κ1) is 32.9. The highest BCUT2D eigenvalue weighted by molar-refractivity contribution is 7.99. The molecule has 1 aromatic carbocycles. The number of aliphatic hydroxyl groups is 1. The zero-order valence-corrected chi connectivity index (χ0v) is 25.5. The zero-order valence-electron chi connectivity index (χ0n) is 24.7. The van der Waals surface area contributed by atoms with Crippen LogP contribution in [0.3, 0.4) is 0 Å². The van der Waals surface area contributed by atoms with E-state index in [-0.39, 0.29) is 30.7 Å². The third-order valence-electron chi connectivity index (χ3n) is 6.50. The van der Waals surface area contributed by atoms with Gasteiger partial charge in [0.05, 0.1) is 18.1 Å². The van der Waals surface area contributed by atoms with Crippen molar-refractivity contribution in [1.82, 2.24) is 25.8 Å². The molecule has 11 nitrogen and oxygen atoms in total. The second kappa shape index (κ2) is 15.0. The molecule has 0 radical (unpaired) electrons. The summed E-state index contributed by atoms with van der Waals surface area (Å²) < 4.78 is 5.44. The van der Waals surface area contributed by atoms with Crippen LogP contribution in [0, 0.1) is 5.92 Å². The second-order valence-corrected chi connectivity index (χ2v) is 12.6. The molecule has 1 saturated heterocycles. The van der Waals surface area contributed by atoms with Crippen LogP contribution in [-0.4, -0.2) is 86.6 Å². The molecule has 3 rings (SSSR count). The van der Waals surface area contributed by atoms with Gasteiger partial charge >= 0.3 is 0 Å². The maximum Gasteiger partial charge on any atom is 0.258 e. The van der Waals surface area contributed by atoms with Crippen LogP contribution in [0.2, 0.25) is 0 Å². The Hall–Kier alpha value is -3.64. The van der Waals surface area contributed by atoms with Gasteiger partial charge in [-0.1, -0.05) is 44.2 Å². The van der Waals surface area contributed by atoms with Gasteiger partial charge < -0.3 is 30.7 Å². The predicted octanol–water partition coefficient (Wildman–Crippen LogP) is 1.51. The van der Waals surface area contributed by atoms with E-state index in [2.05, 4.69) is 20.9 Å². The van der Waals surface area contributed by atoms with Gasteiger partial charge in [-0.3, -0.25) is 24.2 Å². The molecule has 12 heteroatoms. The number of rotatable bonds is 12. The first-order chi connectivity index (χ1) is 19.9. The lowest BCUT2D eigenvalue weighted by atomic mass is 9.97. The van der Waals surface area contributed by atoms with Gasteiger partial charge in [0.15, 0.2) is 12.7 Å². The van der Waals surface area contributed by atoms with Gasteiger partial charge in [0.2, 0.25) is 11.8 Å². The van der Waals surface area contributed by atoms with Crippen molar-refractivity contribution in [3.8, 4) is 5.75 Å². The molecular weight excluding hydrogens is 558 g/mol. The van der Waals surface area contributed by atoms with E-state index in [1.165, 1.54) is 22.9 Å². The quantitative estimate of drug-likeness (QED) is 0.287. The van der Waals surface area contributed by atoms with Crippen LogP contribution in [0.25, 0.3) is 0 Å². The smallest absolute Gasteiger partial charge is 0.258 e. The number of pyridine rings is 1. The molecule has 1 aromatic heterocycles. The number of nitrogens with zero attached hydrogens (tertiary/aromatic N) is 2. The number of nitrogens with one attached hydrogen (secondary N) is 3. The molecule has 228 valence electrons. The number of thioether (sulfide) groups is 1. The molecule has 0 bridgehead atoms. The number of aliphatic hydroxyl groups excluding tert-OH is 1. The molecule has 1 aliphatic rings. The van der Waals surface area contributed by atoms with E-state index in [0.29, 0.717) is 11.5 Å². The number of hydrogen-bond donors (Lipinski definition) is 4. The lowest BCUT2D eigenvalue weighted by molar-refractivity contribution is -0.147. The standard InChI is InChI=1S/C30H41N5O6S/c1-19(2)25(33-24(36)16-41-21-12-9-13-31-15-21)28(39)32-22(14-20-10-7-6-8-11-20)26(37)29(40)35-18-42-17-23(35)27(38)34-30(3,4)5/h6-13,15,19,22-23,25-26,37H,14,16-18H2,1-5H3,(H,32,39)(H,33,36)(H,34,38)/t22-,23-,25-,26-/m0/s1. The van der Waals surface area contributed by atoms with Crippen LogP contribution in [0.5, 0.6) is 5.75 Å². The molecule has 4 amide bonds. The van der Waals surface area contributed by atoms with Gasteiger partial charge in [-0.15, -0.1) is 11.8 Å². The highest BCUT2D eigenvalue weighted by Gasteiger charge is 2.41. The molecule has 1 fully saturated rings. The van der Waals surface area contributed by atoms with Gasteiger partial charge in [-0.2, -0.15) is 0 Å². The van der Waals surface area contributed by atoms with Crippen LogP contribution in [-0.2, 0) is 25.6 Å². The molecule has 4 N–H and O–H groups in total. The lowest BCUT2D eigenvalue weighted by Gasteiger charge is -2.32. The summed E-state index contributed by atoms with van der Waals surface area (Å²) in [5.41, 5.74) is 0.309. The fourth-order valence-corrected chi connectivity index (χ4v) is 5.55. The minimum atomic E-state index is -1.63. The fourth-order valence-electron chi connectivity index (χ4n) is 4.39. The number of hydrogen-bond acceptors (Lipinski definition) is 8. The zero-order chi connectivity index (χ0) is 30.9. The minimum Gasteiger partial charge on any atom is -0.482 e. The van der Waals surface area contributed by atoms with Crippen molar-refractivity contribution in [2.45, 2.75) is 70.8 Å². The first-order valence-corrected chi connectivity index (χ1v) is 15.1. The Labute approximate surface area is 251 Å². The first-order valence-electron chi connectivity index (χ1n) is 13.9. The number of aromatic nitrogens is 1. The predicted molar refractivity (Wildman–Crippen MR) is 160 cm³/mol. The summed E-state index contributed by atoms with van der Waals surface area (Å²) in [6.07, 6.45) is 1.58. The maximum atomic E-state index is 13.6. The summed E-state index contributed by atoms with van der Waals surface area (Å²) in [6.45, 7) is 8.80. The summed E-state index contributed by atoms with van der Waals surface area (Å²) in [5, 5.41) is 19.7. The van der Waals surface area contributed by atoms with E-state index in [1.807, 2.05) is 51.1 Å². The third kappa shape index (κ3) is 9.73. The lowest BCUT2D eigenvalue weighted by Crippen LogP contribution is -2.60. The van der Waals surface area contributed by atoms with Crippen molar-refractivity contribution >= 4 is 35.4 Å². The molecule has 42 heavy (non-hydrogen) atoms. The van der Waals surface area contributed by atoms with E-state index < -0.39 is 47.5 Å². The van der Waals surface area contributed by atoms with Gasteiger partial charge in [0.25, 0.3) is 11.8 Å². The Morgan fingerprint density at radius 2 is 1.81 bits per heavy atom. The second-order valence-electron chi connectivity index (χ2n) is 11.6.